The van der Waals surface area contributed by atoms with E-state index >= 15 is 0 Å². The number of amides is 1. The van der Waals surface area contributed by atoms with Gasteiger partial charge in [0.2, 0.25) is 5.91 Å². The maximum Gasteiger partial charge on any atom is 0.416 e. The lowest BCUT2D eigenvalue weighted by Crippen LogP contribution is -2.30. The van der Waals surface area contributed by atoms with Crippen molar-refractivity contribution < 1.29 is 22.9 Å². The number of nitro groups is 1. The maximum atomic E-state index is 12.8. The molecule has 0 heterocycles. The lowest BCUT2D eigenvalue weighted by molar-refractivity contribution is -0.384. The molecule has 3 rings (SSSR count). The van der Waals surface area contributed by atoms with Crippen LogP contribution in [0.3, 0.4) is 0 Å². The number of benzene rings is 3. The van der Waals surface area contributed by atoms with E-state index in [1.54, 1.807) is 12.1 Å². The van der Waals surface area contributed by atoms with Gasteiger partial charge in [-0.2, -0.15) is 13.2 Å². The van der Waals surface area contributed by atoms with Crippen molar-refractivity contribution in [2.45, 2.75) is 6.18 Å². The van der Waals surface area contributed by atoms with E-state index in [1.807, 2.05) is 30.3 Å². The Labute approximate surface area is 163 Å². The molecule has 0 bridgehead atoms. The highest BCUT2D eigenvalue weighted by molar-refractivity contribution is 6.03. The second-order valence-corrected chi connectivity index (χ2v) is 6.39. The number of hydrogen-bond donors (Lipinski definition) is 1. The first-order chi connectivity index (χ1) is 13.7. The number of likely N-dealkylation sites (N-methyl/N-ethyl adjacent to an activating group) is 1. The van der Waals surface area contributed by atoms with Crippen LogP contribution >= 0.6 is 0 Å². The van der Waals surface area contributed by atoms with E-state index in [9.17, 15) is 28.1 Å². The van der Waals surface area contributed by atoms with Crippen molar-refractivity contribution in [1.29, 1.82) is 0 Å². The van der Waals surface area contributed by atoms with Gasteiger partial charge in [-0.15, -0.1) is 0 Å². The molecule has 0 aliphatic carbocycles. The van der Waals surface area contributed by atoms with Gasteiger partial charge in [0, 0.05) is 24.2 Å². The van der Waals surface area contributed by atoms with Gasteiger partial charge < -0.3 is 10.2 Å². The van der Waals surface area contributed by atoms with Gasteiger partial charge in [-0.25, -0.2) is 0 Å². The lowest BCUT2D eigenvalue weighted by atomic mass is 10.1. The third-order valence-corrected chi connectivity index (χ3v) is 4.36. The Morgan fingerprint density at radius 2 is 1.79 bits per heavy atom. The molecule has 0 unspecified atom stereocenters. The second-order valence-electron chi connectivity index (χ2n) is 6.39. The minimum absolute atomic E-state index is 0.0870. The first-order valence-electron chi connectivity index (χ1n) is 8.51. The van der Waals surface area contributed by atoms with Gasteiger partial charge in [0.05, 0.1) is 17.0 Å². The van der Waals surface area contributed by atoms with E-state index in [4.69, 9.17) is 0 Å². The van der Waals surface area contributed by atoms with E-state index in [1.165, 1.54) is 11.9 Å². The Kier molecular flexibility index (Phi) is 5.40. The number of nitrogens with zero attached hydrogens (tertiary/aromatic N) is 2. The fourth-order valence-electron chi connectivity index (χ4n) is 2.99. The quantitative estimate of drug-likeness (QED) is 0.489. The molecule has 1 N–H and O–H groups in total. The molecular formula is C20H16F3N3O3. The highest BCUT2D eigenvalue weighted by atomic mass is 19.4. The van der Waals surface area contributed by atoms with Crippen molar-refractivity contribution in [2.75, 3.05) is 23.8 Å². The molecule has 0 radical (unpaired) electrons. The highest BCUT2D eigenvalue weighted by Gasteiger charge is 2.33. The van der Waals surface area contributed by atoms with Gasteiger partial charge in [-0.3, -0.25) is 14.9 Å². The van der Waals surface area contributed by atoms with Gasteiger partial charge in [-0.1, -0.05) is 36.4 Å². The summed E-state index contributed by atoms with van der Waals surface area (Å²) in [5, 5.41) is 15.7. The molecular weight excluding hydrogens is 387 g/mol. The lowest BCUT2D eigenvalue weighted by Gasteiger charge is -2.20. The summed E-state index contributed by atoms with van der Waals surface area (Å²) >= 11 is 0. The molecule has 6 nitrogen and oxygen atoms in total. The van der Waals surface area contributed by atoms with Crippen molar-refractivity contribution >= 4 is 33.7 Å². The molecule has 0 aliphatic heterocycles. The number of alkyl halides is 3. The van der Waals surface area contributed by atoms with E-state index < -0.39 is 28.3 Å². The summed E-state index contributed by atoms with van der Waals surface area (Å²) in [6, 6.07) is 15.0. The Hall–Kier alpha value is -3.62. The molecule has 0 saturated heterocycles. The number of carbonyl (C=O) groups is 1. The van der Waals surface area contributed by atoms with Crippen LogP contribution in [-0.2, 0) is 11.0 Å². The zero-order valence-corrected chi connectivity index (χ0v) is 15.2. The average molecular weight is 403 g/mol. The topological polar surface area (TPSA) is 75.5 Å². The van der Waals surface area contributed by atoms with Crippen molar-refractivity contribution in [3.05, 3.63) is 76.3 Å². The predicted octanol–water partition coefficient (Wildman–Crippen LogP) is 4.84. The third-order valence-electron chi connectivity index (χ3n) is 4.36. The number of anilines is 2. The molecule has 0 atom stereocenters. The summed E-state index contributed by atoms with van der Waals surface area (Å²) in [5.41, 5.74) is -1.36. The molecule has 3 aromatic rings. The summed E-state index contributed by atoms with van der Waals surface area (Å²) < 4.78 is 38.5. The fourth-order valence-corrected chi connectivity index (χ4v) is 2.99. The van der Waals surface area contributed by atoms with Crippen LogP contribution < -0.4 is 10.2 Å². The number of halogens is 3. The van der Waals surface area contributed by atoms with Crippen molar-refractivity contribution in [3.8, 4) is 0 Å². The molecule has 0 spiro atoms. The largest absolute Gasteiger partial charge is 0.416 e. The number of rotatable bonds is 5. The second kappa shape index (κ2) is 7.78. The van der Waals surface area contributed by atoms with Gasteiger partial charge in [0.15, 0.2) is 0 Å². The van der Waals surface area contributed by atoms with E-state index in [2.05, 4.69) is 5.32 Å². The van der Waals surface area contributed by atoms with Crippen LogP contribution in [0.15, 0.2) is 60.7 Å². The van der Waals surface area contributed by atoms with Crippen molar-refractivity contribution in [1.82, 2.24) is 0 Å². The van der Waals surface area contributed by atoms with Gasteiger partial charge in [-0.05, 0) is 23.6 Å². The third kappa shape index (κ3) is 4.45. The van der Waals surface area contributed by atoms with Crippen LogP contribution in [0.4, 0.5) is 30.2 Å². The normalized spacial score (nSPS) is 11.3. The van der Waals surface area contributed by atoms with E-state index in [0.29, 0.717) is 11.8 Å². The number of carbonyl (C=O) groups excluding carboxylic acids is 1. The zero-order chi connectivity index (χ0) is 21.2. The molecule has 3 aromatic carbocycles. The van der Waals surface area contributed by atoms with Gasteiger partial charge in [0.25, 0.3) is 5.69 Å². The average Bonchev–Trinajstić information content (AvgIpc) is 2.67. The molecule has 29 heavy (non-hydrogen) atoms. The van der Waals surface area contributed by atoms with E-state index in [-0.39, 0.29) is 12.2 Å². The molecule has 1 amide bonds. The smallest absolute Gasteiger partial charge is 0.360 e. The van der Waals surface area contributed by atoms with Crippen molar-refractivity contribution in [2.24, 2.45) is 0 Å². The van der Waals surface area contributed by atoms with Crippen LogP contribution in [0.1, 0.15) is 5.56 Å². The van der Waals surface area contributed by atoms with Crippen LogP contribution in [0, 0.1) is 10.1 Å². The molecule has 0 fully saturated rings. The molecule has 0 aromatic heterocycles. The summed E-state index contributed by atoms with van der Waals surface area (Å²) in [6.45, 7) is -0.282. The Morgan fingerprint density at radius 3 is 2.48 bits per heavy atom. The minimum Gasteiger partial charge on any atom is -0.360 e. The van der Waals surface area contributed by atoms with Crippen LogP contribution in [-0.4, -0.2) is 24.4 Å². The minimum atomic E-state index is -4.70. The first-order valence-corrected chi connectivity index (χ1v) is 8.51. The van der Waals surface area contributed by atoms with Crippen LogP contribution in [0.2, 0.25) is 0 Å². The Balaban J connectivity index is 1.81. The predicted molar refractivity (Wildman–Crippen MR) is 104 cm³/mol. The monoisotopic (exact) mass is 403 g/mol. The standard InChI is InChI=1S/C20H16F3N3O3/c1-25(17-10-9-14(20(21,22)23)11-18(17)26(28)29)12-19(27)24-16-8-4-6-13-5-2-3-7-15(13)16/h2-11H,12H2,1H3,(H,24,27). The van der Waals surface area contributed by atoms with Crippen LogP contribution in [0.5, 0.6) is 0 Å². The molecule has 9 heteroatoms. The number of fused-ring (bicyclic) bond motifs is 1. The highest BCUT2D eigenvalue weighted by Crippen LogP contribution is 2.36. The fraction of sp³-hybridized carbons (Fsp3) is 0.150. The van der Waals surface area contributed by atoms with Gasteiger partial charge in [0.1, 0.15) is 5.69 Å². The summed E-state index contributed by atoms with van der Waals surface area (Å²) in [7, 11) is 1.40. The first kappa shape index (κ1) is 20.1. The summed E-state index contributed by atoms with van der Waals surface area (Å²) in [6.07, 6.45) is -4.70. The Bertz CT molecular complexity index is 1080. The summed E-state index contributed by atoms with van der Waals surface area (Å²) in [5.74, 6) is -0.460. The van der Waals surface area contributed by atoms with E-state index in [0.717, 1.165) is 22.9 Å². The number of nitro benzene ring substituents is 1. The zero-order valence-electron chi connectivity index (χ0n) is 15.2. The maximum absolute atomic E-state index is 12.8. The molecule has 0 saturated carbocycles. The van der Waals surface area contributed by atoms with Crippen molar-refractivity contribution in [3.63, 3.8) is 0 Å². The number of hydrogen-bond acceptors (Lipinski definition) is 4. The molecule has 150 valence electrons. The number of nitrogens with one attached hydrogen (secondary N) is 1. The van der Waals surface area contributed by atoms with Crippen LogP contribution in [0.25, 0.3) is 10.8 Å². The molecule has 0 aliphatic rings. The SMILES string of the molecule is CN(CC(=O)Nc1cccc2ccccc12)c1ccc(C(F)(F)F)cc1[N+](=O)[O-]. The Morgan fingerprint density at radius 1 is 1.10 bits per heavy atom. The summed E-state index contributed by atoms with van der Waals surface area (Å²) in [4.78, 5) is 24.0. The van der Waals surface area contributed by atoms with Gasteiger partial charge >= 0.3 is 6.18 Å².